The molecule has 0 bridgehead atoms. The lowest BCUT2D eigenvalue weighted by atomic mass is 10.1. The Morgan fingerprint density at radius 3 is 2.81 bits per heavy atom. The van der Waals surface area contributed by atoms with Gasteiger partial charge in [0.1, 0.15) is 5.69 Å². The number of carbonyl (C=O) groups excluding carboxylic acids is 1. The van der Waals surface area contributed by atoms with Gasteiger partial charge in [-0.25, -0.2) is 0 Å². The average Bonchev–Trinajstić information content (AvgIpc) is 2.86. The third-order valence-electron chi connectivity index (χ3n) is 3.33. The molecule has 0 aliphatic carbocycles. The standard InChI is InChI=1S/C16H20ClN3O/c1-3-4-7-10-18-16(21)15-11-14(19-20(15)2)12-8-5-6-9-13(12)17/h5-6,8-9,11H,3-4,7,10H2,1-2H3,(H,18,21). The number of carbonyl (C=O) groups is 1. The van der Waals surface area contributed by atoms with Crippen molar-refractivity contribution < 1.29 is 4.79 Å². The third-order valence-corrected chi connectivity index (χ3v) is 3.66. The topological polar surface area (TPSA) is 46.9 Å². The van der Waals surface area contributed by atoms with Crippen molar-refractivity contribution in [2.24, 2.45) is 7.05 Å². The molecule has 0 aliphatic rings. The average molecular weight is 306 g/mol. The van der Waals surface area contributed by atoms with Gasteiger partial charge in [0.05, 0.1) is 10.7 Å². The van der Waals surface area contributed by atoms with Gasteiger partial charge in [0, 0.05) is 19.2 Å². The van der Waals surface area contributed by atoms with Gasteiger partial charge in [-0.2, -0.15) is 5.10 Å². The Balaban J connectivity index is 2.12. The number of unbranched alkanes of at least 4 members (excludes halogenated alkanes) is 2. The van der Waals surface area contributed by atoms with Crippen LogP contribution in [-0.2, 0) is 7.05 Å². The second kappa shape index (κ2) is 7.27. The number of aryl methyl sites for hydroxylation is 1. The summed E-state index contributed by atoms with van der Waals surface area (Å²) in [6, 6.07) is 9.26. The molecule has 0 atom stereocenters. The zero-order chi connectivity index (χ0) is 15.2. The van der Waals surface area contributed by atoms with E-state index in [0.717, 1.165) is 24.8 Å². The van der Waals surface area contributed by atoms with E-state index in [0.29, 0.717) is 23.0 Å². The maximum Gasteiger partial charge on any atom is 0.269 e. The zero-order valence-corrected chi connectivity index (χ0v) is 13.2. The van der Waals surface area contributed by atoms with E-state index in [4.69, 9.17) is 11.6 Å². The second-order valence-corrected chi connectivity index (χ2v) is 5.39. The van der Waals surface area contributed by atoms with Crippen molar-refractivity contribution in [1.29, 1.82) is 0 Å². The van der Waals surface area contributed by atoms with E-state index >= 15 is 0 Å². The number of amides is 1. The third kappa shape index (κ3) is 3.85. The normalized spacial score (nSPS) is 10.6. The van der Waals surface area contributed by atoms with Gasteiger partial charge in [0.15, 0.2) is 0 Å². The highest BCUT2D eigenvalue weighted by Gasteiger charge is 2.15. The van der Waals surface area contributed by atoms with Crippen molar-refractivity contribution in [2.45, 2.75) is 26.2 Å². The maximum atomic E-state index is 12.2. The highest BCUT2D eigenvalue weighted by molar-refractivity contribution is 6.33. The van der Waals surface area contributed by atoms with E-state index in [1.165, 1.54) is 0 Å². The lowest BCUT2D eigenvalue weighted by molar-refractivity contribution is 0.0943. The fraction of sp³-hybridized carbons (Fsp3) is 0.375. The molecule has 0 saturated carbocycles. The van der Waals surface area contributed by atoms with Crippen LogP contribution in [0.4, 0.5) is 0 Å². The molecule has 0 unspecified atom stereocenters. The van der Waals surface area contributed by atoms with Crippen LogP contribution >= 0.6 is 11.6 Å². The van der Waals surface area contributed by atoms with Crippen molar-refractivity contribution in [3.63, 3.8) is 0 Å². The SMILES string of the molecule is CCCCCNC(=O)c1cc(-c2ccccc2Cl)nn1C. The molecule has 1 amide bonds. The molecule has 0 spiro atoms. The monoisotopic (exact) mass is 305 g/mol. The molecule has 2 rings (SSSR count). The minimum absolute atomic E-state index is 0.0978. The number of nitrogens with zero attached hydrogens (tertiary/aromatic N) is 2. The van der Waals surface area contributed by atoms with Crippen molar-refractivity contribution in [1.82, 2.24) is 15.1 Å². The molecule has 21 heavy (non-hydrogen) atoms. The summed E-state index contributed by atoms with van der Waals surface area (Å²) < 4.78 is 1.59. The predicted molar refractivity (Wildman–Crippen MR) is 85.5 cm³/mol. The Bertz CT molecular complexity index is 622. The summed E-state index contributed by atoms with van der Waals surface area (Å²) in [4.78, 5) is 12.2. The molecule has 1 aromatic heterocycles. The Kier molecular flexibility index (Phi) is 5.39. The summed E-state index contributed by atoms with van der Waals surface area (Å²) in [5, 5.41) is 7.93. The molecule has 0 aliphatic heterocycles. The van der Waals surface area contributed by atoms with E-state index in [2.05, 4.69) is 17.3 Å². The smallest absolute Gasteiger partial charge is 0.269 e. The molecule has 4 nitrogen and oxygen atoms in total. The molecular formula is C16H20ClN3O. The number of nitrogens with one attached hydrogen (secondary N) is 1. The summed E-state index contributed by atoms with van der Waals surface area (Å²) in [7, 11) is 1.77. The molecule has 112 valence electrons. The molecule has 5 heteroatoms. The summed E-state index contributed by atoms with van der Waals surface area (Å²) in [6.07, 6.45) is 3.26. The molecule has 2 aromatic rings. The summed E-state index contributed by atoms with van der Waals surface area (Å²) in [5.41, 5.74) is 2.09. The van der Waals surface area contributed by atoms with Crippen LogP contribution in [0.25, 0.3) is 11.3 Å². The fourth-order valence-electron chi connectivity index (χ4n) is 2.15. The quantitative estimate of drug-likeness (QED) is 0.828. The molecule has 1 N–H and O–H groups in total. The number of hydrogen-bond donors (Lipinski definition) is 1. The zero-order valence-electron chi connectivity index (χ0n) is 12.4. The number of hydrogen-bond acceptors (Lipinski definition) is 2. The molecular weight excluding hydrogens is 286 g/mol. The highest BCUT2D eigenvalue weighted by Crippen LogP contribution is 2.26. The Morgan fingerprint density at radius 2 is 2.10 bits per heavy atom. The van der Waals surface area contributed by atoms with Crippen LogP contribution in [0.1, 0.15) is 36.7 Å². The predicted octanol–water partition coefficient (Wildman–Crippen LogP) is 3.66. The van der Waals surface area contributed by atoms with Crippen LogP contribution < -0.4 is 5.32 Å². The Morgan fingerprint density at radius 1 is 1.33 bits per heavy atom. The maximum absolute atomic E-state index is 12.2. The fourth-order valence-corrected chi connectivity index (χ4v) is 2.38. The van der Waals surface area contributed by atoms with Gasteiger partial charge in [-0.05, 0) is 18.6 Å². The van der Waals surface area contributed by atoms with Gasteiger partial charge >= 0.3 is 0 Å². The first-order chi connectivity index (χ1) is 10.1. The van der Waals surface area contributed by atoms with Crippen LogP contribution in [-0.4, -0.2) is 22.2 Å². The van der Waals surface area contributed by atoms with Gasteiger partial charge in [0.2, 0.25) is 0 Å². The van der Waals surface area contributed by atoms with Crippen molar-refractivity contribution in [3.8, 4) is 11.3 Å². The Labute approximate surface area is 130 Å². The lowest BCUT2D eigenvalue weighted by Crippen LogP contribution is -2.26. The van der Waals surface area contributed by atoms with Crippen LogP contribution in [0, 0.1) is 0 Å². The van der Waals surface area contributed by atoms with Crippen LogP contribution in [0.3, 0.4) is 0 Å². The van der Waals surface area contributed by atoms with Crippen LogP contribution in [0.2, 0.25) is 5.02 Å². The molecule has 0 fully saturated rings. The first kappa shape index (κ1) is 15.6. The number of aromatic nitrogens is 2. The molecule has 0 saturated heterocycles. The van der Waals surface area contributed by atoms with E-state index in [1.807, 2.05) is 24.3 Å². The summed E-state index contributed by atoms with van der Waals surface area (Å²) in [5.74, 6) is -0.0978. The van der Waals surface area contributed by atoms with E-state index in [9.17, 15) is 4.79 Å². The van der Waals surface area contributed by atoms with Crippen molar-refractivity contribution in [2.75, 3.05) is 6.54 Å². The van der Waals surface area contributed by atoms with Crippen LogP contribution in [0.15, 0.2) is 30.3 Å². The van der Waals surface area contributed by atoms with Gasteiger partial charge in [-0.15, -0.1) is 0 Å². The summed E-state index contributed by atoms with van der Waals surface area (Å²) in [6.45, 7) is 2.83. The number of benzene rings is 1. The second-order valence-electron chi connectivity index (χ2n) is 4.98. The number of halogens is 1. The lowest BCUT2D eigenvalue weighted by Gasteiger charge is -2.04. The molecule has 1 aromatic carbocycles. The molecule has 0 radical (unpaired) electrons. The molecule has 1 heterocycles. The minimum atomic E-state index is -0.0978. The Hall–Kier alpha value is -1.81. The first-order valence-corrected chi connectivity index (χ1v) is 7.58. The van der Waals surface area contributed by atoms with E-state index in [1.54, 1.807) is 17.8 Å². The minimum Gasteiger partial charge on any atom is -0.351 e. The van der Waals surface area contributed by atoms with E-state index < -0.39 is 0 Å². The largest absolute Gasteiger partial charge is 0.351 e. The first-order valence-electron chi connectivity index (χ1n) is 7.20. The van der Waals surface area contributed by atoms with Gasteiger partial charge < -0.3 is 5.32 Å². The summed E-state index contributed by atoms with van der Waals surface area (Å²) >= 11 is 6.17. The number of rotatable bonds is 6. The van der Waals surface area contributed by atoms with Gasteiger partial charge in [-0.3, -0.25) is 9.48 Å². The highest BCUT2D eigenvalue weighted by atomic mass is 35.5. The van der Waals surface area contributed by atoms with Gasteiger partial charge in [0.25, 0.3) is 5.91 Å². The van der Waals surface area contributed by atoms with Crippen molar-refractivity contribution in [3.05, 3.63) is 41.0 Å². The van der Waals surface area contributed by atoms with E-state index in [-0.39, 0.29) is 5.91 Å². The van der Waals surface area contributed by atoms with Crippen LogP contribution in [0.5, 0.6) is 0 Å². The van der Waals surface area contributed by atoms with Gasteiger partial charge in [-0.1, -0.05) is 49.6 Å². The van der Waals surface area contributed by atoms with Crippen molar-refractivity contribution >= 4 is 17.5 Å².